The number of aryl methyl sites for hydroxylation is 1. The summed E-state index contributed by atoms with van der Waals surface area (Å²) in [7, 11) is 0. The Morgan fingerprint density at radius 2 is 1.50 bits per heavy atom. The number of hydrogen-bond donors (Lipinski definition) is 0. The lowest BCUT2D eigenvalue weighted by molar-refractivity contribution is 0.545. The predicted molar refractivity (Wildman–Crippen MR) is 111 cm³/mol. The first-order valence-electron chi connectivity index (χ1n) is 9.38. The van der Waals surface area contributed by atoms with Crippen molar-refractivity contribution in [1.29, 1.82) is 0 Å². The highest BCUT2D eigenvalue weighted by molar-refractivity contribution is 6.17. The van der Waals surface area contributed by atoms with E-state index in [4.69, 9.17) is 11.6 Å². The van der Waals surface area contributed by atoms with E-state index in [2.05, 4.69) is 83.8 Å². The van der Waals surface area contributed by atoms with Crippen LogP contribution < -0.4 is 4.90 Å². The molecule has 0 amide bonds. The highest BCUT2D eigenvalue weighted by Crippen LogP contribution is 2.36. The van der Waals surface area contributed by atoms with Gasteiger partial charge in [0.15, 0.2) is 0 Å². The number of halogens is 1. The molecule has 0 aliphatic carbocycles. The first-order valence-corrected chi connectivity index (χ1v) is 9.92. The molecular formula is C24H24ClN. The molecule has 0 N–H and O–H groups in total. The van der Waals surface area contributed by atoms with Crippen molar-refractivity contribution in [3.8, 4) is 0 Å². The van der Waals surface area contributed by atoms with Gasteiger partial charge in [0.05, 0.1) is 6.04 Å². The number of fused-ring (bicyclic) bond motifs is 1. The van der Waals surface area contributed by atoms with Crippen LogP contribution in [0, 0.1) is 0 Å². The Morgan fingerprint density at radius 1 is 0.808 bits per heavy atom. The Morgan fingerprint density at radius 3 is 2.27 bits per heavy atom. The number of hydrogen-bond acceptors (Lipinski definition) is 1. The monoisotopic (exact) mass is 361 g/mol. The van der Waals surface area contributed by atoms with E-state index in [9.17, 15) is 0 Å². The molecule has 1 heterocycles. The van der Waals surface area contributed by atoms with E-state index >= 15 is 0 Å². The van der Waals surface area contributed by atoms with Crippen molar-refractivity contribution >= 4 is 17.3 Å². The largest absolute Gasteiger partial charge is 0.364 e. The van der Waals surface area contributed by atoms with Crippen molar-refractivity contribution in [2.45, 2.75) is 31.2 Å². The van der Waals surface area contributed by atoms with Crippen LogP contribution in [-0.4, -0.2) is 6.54 Å². The molecule has 0 saturated carbocycles. The average Bonchev–Trinajstić information content (AvgIpc) is 2.73. The minimum Gasteiger partial charge on any atom is -0.364 e. The number of benzene rings is 3. The molecule has 3 aromatic carbocycles. The van der Waals surface area contributed by atoms with Gasteiger partial charge in [0.1, 0.15) is 0 Å². The summed E-state index contributed by atoms with van der Waals surface area (Å²) in [5, 5.41) is 0. The smallest absolute Gasteiger partial charge is 0.0548 e. The third-order valence-electron chi connectivity index (χ3n) is 5.38. The molecule has 0 bridgehead atoms. The predicted octanol–water partition coefficient (Wildman–Crippen LogP) is 6.16. The van der Waals surface area contributed by atoms with Gasteiger partial charge in [-0.2, -0.15) is 0 Å². The van der Waals surface area contributed by atoms with Crippen LogP contribution in [0.4, 0.5) is 5.69 Å². The summed E-state index contributed by atoms with van der Waals surface area (Å²) >= 11 is 5.91. The van der Waals surface area contributed by atoms with E-state index in [1.807, 2.05) is 0 Å². The Labute approximate surface area is 161 Å². The molecule has 26 heavy (non-hydrogen) atoms. The van der Waals surface area contributed by atoms with Crippen LogP contribution >= 0.6 is 11.6 Å². The van der Waals surface area contributed by atoms with Crippen molar-refractivity contribution in [2.24, 2.45) is 0 Å². The zero-order chi connectivity index (χ0) is 17.8. The van der Waals surface area contributed by atoms with Crippen LogP contribution in [0.15, 0.2) is 78.9 Å². The summed E-state index contributed by atoms with van der Waals surface area (Å²) in [4.78, 5) is 2.58. The fourth-order valence-electron chi connectivity index (χ4n) is 3.99. The molecule has 2 heteroatoms. The van der Waals surface area contributed by atoms with E-state index in [0.29, 0.717) is 11.9 Å². The van der Waals surface area contributed by atoms with Crippen LogP contribution in [0.25, 0.3) is 0 Å². The Kier molecular flexibility index (Phi) is 5.26. The molecule has 0 spiro atoms. The lowest BCUT2D eigenvalue weighted by Gasteiger charge is -2.39. The fourth-order valence-corrected chi connectivity index (χ4v) is 4.17. The molecule has 1 aliphatic heterocycles. The molecule has 1 unspecified atom stereocenters. The zero-order valence-corrected chi connectivity index (χ0v) is 15.7. The van der Waals surface area contributed by atoms with Gasteiger partial charge in [-0.25, -0.2) is 0 Å². The van der Waals surface area contributed by atoms with E-state index in [1.165, 1.54) is 27.9 Å². The highest BCUT2D eigenvalue weighted by atomic mass is 35.5. The Bertz CT molecular complexity index is 842. The van der Waals surface area contributed by atoms with Crippen LogP contribution in [0.3, 0.4) is 0 Å². The summed E-state index contributed by atoms with van der Waals surface area (Å²) in [5.74, 6) is 0.581. The summed E-state index contributed by atoms with van der Waals surface area (Å²) in [5.41, 5.74) is 6.88. The second-order valence-corrected chi connectivity index (χ2v) is 7.25. The molecule has 0 aromatic heterocycles. The molecule has 0 radical (unpaired) electrons. The minimum absolute atomic E-state index is 0.426. The molecule has 1 aliphatic rings. The second kappa shape index (κ2) is 7.97. The van der Waals surface area contributed by atoms with Crippen LogP contribution in [-0.2, 0) is 18.7 Å². The number of nitrogens with zero attached hydrogens (tertiary/aromatic N) is 1. The Balaban J connectivity index is 1.60. The van der Waals surface area contributed by atoms with Crippen molar-refractivity contribution < 1.29 is 0 Å². The molecule has 4 rings (SSSR count). The topological polar surface area (TPSA) is 3.24 Å². The summed E-state index contributed by atoms with van der Waals surface area (Å²) in [6.07, 6.45) is 3.31. The van der Waals surface area contributed by atoms with Crippen LogP contribution in [0.2, 0.25) is 0 Å². The fraction of sp³-hybridized carbons (Fsp3) is 0.250. The first-order chi connectivity index (χ1) is 12.8. The zero-order valence-electron chi connectivity index (χ0n) is 14.9. The summed E-state index contributed by atoms with van der Waals surface area (Å²) < 4.78 is 0. The molecular weight excluding hydrogens is 338 g/mol. The maximum atomic E-state index is 5.91. The number of alkyl halides is 1. The van der Waals surface area contributed by atoms with Crippen LogP contribution in [0.5, 0.6) is 0 Å². The van der Waals surface area contributed by atoms with Gasteiger partial charge in [-0.3, -0.25) is 0 Å². The highest BCUT2D eigenvalue weighted by Gasteiger charge is 2.26. The summed E-state index contributed by atoms with van der Waals surface area (Å²) in [6, 6.07) is 28.9. The molecule has 0 saturated heterocycles. The lowest BCUT2D eigenvalue weighted by atomic mass is 9.88. The van der Waals surface area contributed by atoms with Gasteiger partial charge in [-0.05, 0) is 53.6 Å². The van der Waals surface area contributed by atoms with E-state index in [-0.39, 0.29) is 0 Å². The third kappa shape index (κ3) is 3.64. The van der Waals surface area contributed by atoms with Gasteiger partial charge in [0.25, 0.3) is 0 Å². The molecule has 3 aromatic rings. The van der Waals surface area contributed by atoms with Gasteiger partial charge >= 0.3 is 0 Å². The molecule has 0 fully saturated rings. The van der Waals surface area contributed by atoms with Crippen molar-refractivity contribution in [3.63, 3.8) is 0 Å². The van der Waals surface area contributed by atoms with Gasteiger partial charge < -0.3 is 4.90 Å². The second-order valence-electron chi connectivity index (χ2n) is 6.98. The average molecular weight is 362 g/mol. The molecule has 1 nitrogen and oxygen atoms in total. The van der Waals surface area contributed by atoms with Crippen molar-refractivity contribution in [3.05, 3.63) is 101 Å². The van der Waals surface area contributed by atoms with E-state index < -0.39 is 0 Å². The van der Waals surface area contributed by atoms with Crippen molar-refractivity contribution in [2.75, 3.05) is 11.4 Å². The standard InChI is InChI=1S/C24H24ClN/c25-18-20-12-10-19(11-13-20)14-15-24-23-9-5-4-6-21(23)16-17-26(24)22-7-2-1-3-8-22/h1-13,24H,14-18H2. The normalized spacial score (nSPS) is 16.3. The van der Waals surface area contributed by atoms with E-state index in [0.717, 1.165) is 25.8 Å². The maximum Gasteiger partial charge on any atom is 0.0548 e. The lowest BCUT2D eigenvalue weighted by Crippen LogP contribution is -2.35. The van der Waals surface area contributed by atoms with E-state index in [1.54, 1.807) is 0 Å². The van der Waals surface area contributed by atoms with Gasteiger partial charge in [-0.1, -0.05) is 66.7 Å². The quantitative estimate of drug-likeness (QED) is 0.492. The minimum atomic E-state index is 0.426. The van der Waals surface area contributed by atoms with Gasteiger partial charge in [0.2, 0.25) is 0 Å². The van der Waals surface area contributed by atoms with Crippen molar-refractivity contribution in [1.82, 2.24) is 0 Å². The SMILES string of the molecule is ClCc1ccc(CCC2c3ccccc3CCN2c2ccccc2)cc1. The number of para-hydroxylation sites is 1. The summed E-state index contributed by atoms with van der Waals surface area (Å²) in [6.45, 7) is 1.08. The molecule has 132 valence electrons. The first kappa shape index (κ1) is 17.2. The third-order valence-corrected chi connectivity index (χ3v) is 5.69. The number of rotatable bonds is 5. The van der Waals surface area contributed by atoms with Crippen LogP contribution in [0.1, 0.15) is 34.7 Å². The Hall–Kier alpha value is -2.25. The molecule has 1 atom stereocenters. The number of anilines is 1. The maximum absolute atomic E-state index is 5.91. The van der Waals surface area contributed by atoms with Gasteiger partial charge in [0, 0.05) is 18.1 Å². The van der Waals surface area contributed by atoms with Gasteiger partial charge in [-0.15, -0.1) is 11.6 Å².